The number of carbonyl (C=O) groups excluding carboxylic acids is 1. The van der Waals surface area contributed by atoms with Gasteiger partial charge in [-0.3, -0.25) is 4.79 Å². The maximum Gasteiger partial charge on any atom is 0.258 e. The largest absolute Gasteiger partial charge is 0.497 e. The first-order chi connectivity index (χ1) is 11.6. The highest BCUT2D eigenvalue weighted by Gasteiger charge is 2.32. The van der Waals surface area contributed by atoms with E-state index in [-0.39, 0.29) is 23.6 Å². The molecule has 0 N–H and O–H groups in total. The smallest absolute Gasteiger partial charge is 0.258 e. The predicted octanol–water partition coefficient (Wildman–Crippen LogP) is 3.75. The van der Waals surface area contributed by atoms with Gasteiger partial charge in [0.15, 0.2) is 0 Å². The molecule has 0 aliphatic carbocycles. The minimum absolute atomic E-state index is 0.175. The minimum atomic E-state index is -0.357. The summed E-state index contributed by atoms with van der Waals surface area (Å²) >= 11 is 5.70. The van der Waals surface area contributed by atoms with Gasteiger partial charge in [0, 0.05) is 6.42 Å². The number of amides is 1. The summed E-state index contributed by atoms with van der Waals surface area (Å²) in [5.41, 5.74) is 2.34. The van der Waals surface area contributed by atoms with Crippen LogP contribution in [-0.2, 0) is 4.79 Å². The van der Waals surface area contributed by atoms with Crippen molar-refractivity contribution in [3.8, 4) is 5.75 Å². The first-order valence-electron chi connectivity index (χ1n) is 7.47. The molecule has 0 radical (unpaired) electrons. The molecule has 0 fully saturated rings. The van der Waals surface area contributed by atoms with Crippen molar-refractivity contribution in [2.45, 2.75) is 12.5 Å². The number of halogens is 2. The molecule has 1 aliphatic rings. The van der Waals surface area contributed by atoms with E-state index in [0.717, 1.165) is 17.0 Å². The van der Waals surface area contributed by atoms with Gasteiger partial charge in [0.1, 0.15) is 17.4 Å². The van der Waals surface area contributed by atoms with Gasteiger partial charge in [0.25, 0.3) is 5.91 Å². The zero-order chi connectivity index (χ0) is 17.1. The number of rotatable bonds is 4. The van der Waals surface area contributed by atoms with Gasteiger partial charge >= 0.3 is 0 Å². The summed E-state index contributed by atoms with van der Waals surface area (Å²) in [4.78, 5) is 12.1. The third kappa shape index (κ3) is 3.26. The van der Waals surface area contributed by atoms with Gasteiger partial charge in [0.2, 0.25) is 0 Å². The van der Waals surface area contributed by atoms with Gasteiger partial charge in [0.05, 0.1) is 18.9 Å². The molecule has 1 amide bonds. The van der Waals surface area contributed by atoms with Gasteiger partial charge in [-0.25, -0.2) is 9.40 Å². The lowest BCUT2D eigenvalue weighted by Crippen LogP contribution is -2.28. The molecule has 0 bridgehead atoms. The predicted molar refractivity (Wildman–Crippen MR) is 90.9 cm³/mol. The molecule has 2 aromatic rings. The summed E-state index contributed by atoms with van der Waals surface area (Å²) < 4.78 is 18.7. The molecule has 1 heterocycles. The van der Waals surface area contributed by atoms with Crippen LogP contribution < -0.4 is 4.74 Å². The lowest BCUT2D eigenvalue weighted by atomic mass is 9.98. The summed E-state index contributed by atoms with van der Waals surface area (Å²) in [6.07, 6.45) is 0.498. The Labute approximate surface area is 144 Å². The molecule has 2 aromatic carbocycles. The van der Waals surface area contributed by atoms with E-state index in [2.05, 4.69) is 5.10 Å². The third-order valence-corrected chi connectivity index (χ3v) is 4.17. The Balaban J connectivity index is 1.93. The molecule has 1 unspecified atom stereocenters. The number of methoxy groups -OCH3 is 1. The molecule has 1 atom stereocenters. The Bertz CT molecular complexity index is 777. The summed E-state index contributed by atoms with van der Waals surface area (Å²) in [5.74, 6) is -0.0867. The molecule has 4 nitrogen and oxygen atoms in total. The number of hydrogen-bond donors (Lipinski definition) is 0. The lowest BCUT2D eigenvalue weighted by molar-refractivity contribution is -0.130. The zero-order valence-corrected chi connectivity index (χ0v) is 13.8. The standard InChI is InChI=1S/C18H16ClFN2O2/c1-24-15-7-5-12(6-8-15)16-10-17(22(21-16)18(23)11-19)13-3-2-4-14(20)9-13/h2-9,17H,10-11H2,1H3. The number of alkyl halides is 1. The number of benzene rings is 2. The van der Waals surface area contributed by atoms with Crippen LogP contribution in [0.3, 0.4) is 0 Å². The molecule has 1 aliphatic heterocycles. The highest BCUT2D eigenvalue weighted by molar-refractivity contribution is 6.27. The van der Waals surface area contributed by atoms with Crippen LogP contribution in [-0.4, -0.2) is 29.6 Å². The van der Waals surface area contributed by atoms with E-state index in [9.17, 15) is 9.18 Å². The van der Waals surface area contributed by atoms with Crippen molar-refractivity contribution in [1.29, 1.82) is 0 Å². The van der Waals surface area contributed by atoms with Crippen molar-refractivity contribution in [2.75, 3.05) is 13.0 Å². The number of nitrogens with zero attached hydrogens (tertiary/aromatic N) is 2. The maximum atomic E-state index is 13.6. The van der Waals surface area contributed by atoms with Crippen molar-refractivity contribution >= 4 is 23.2 Å². The first kappa shape index (κ1) is 16.5. The van der Waals surface area contributed by atoms with E-state index in [1.165, 1.54) is 17.1 Å². The molecule has 3 rings (SSSR count). The minimum Gasteiger partial charge on any atom is -0.497 e. The average molecular weight is 347 g/mol. The molecular formula is C18H16ClFN2O2. The normalized spacial score (nSPS) is 16.9. The van der Waals surface area contributed by atoms with E-state index in [4.69, 9.17) is 16.3 Å². The van der Waals surface area contributed by atoms with Crippen molar-refractivity contribution in [2.24, 2.45) is 5.10 Å². The van der Waals surface area contributed by atoms with Crippen LogP contribution in [0.25, 0.3) is 0 Å². The fourth-order valence-corrected chi connectivity index (χ4v) is 2.86. The van der Waals surface area contributed by atoms with E-state index in [1.54, 1.807) is 19.2 Å². The quantitative estimate of drug-likeness (QED) is 0.791. The second-order valence-electron chi connectivity index (χ2n) is 5.42. The zero-order valence-electron chi connectivity index (χ0n) is 13.1. The highest BCUT2D eigenvalue weighted by atomic mass is 35.5. The second-order valence-corrected chi connectivity index (χ2v) is 5.69. The fourth-order valence-electron chi connectivity index (χ4n) is 2.73. The molecule has 0 spiro atoms. The number of hydrogen-bond acceptors (Lipinski definition) is 3. The molecule has 124 valence electrons. The monoisotopic (exact) mass is 346 g/mol. The van der Waals surface area contributed by atoms with Gasteiger partial charge in [-0.15, -0.1) is 11.6 Å². The molecular weight excluding hydrogens is 331 g/mol. The molecule has 6 heteroatoms. The van der Waals surface area contributed by atoms with Gasteiger partial charge in [-0.1, -0.05) is 12.1 Å². The van der Waals surface area contributed by atoms with Crippen LogP contribution in [0.5, 0.6) is 5.75 Å². The average Bonchev–Trinajstić information content (AvgIpc) is 3.06. The Morgan fingerprint density at radius 1 is 1.33 bits per heavy atom. The van der Waals surface area contributed by atoms with Crippen LogP contribution >= 0.6 is 11.6 Å². The molecule has 0 saturated heterocycles. The maximum absolute atomic E-state index is 13.6. The summed E-state index contributed by atoms with van der Waals surface area (Å²) in [7, 11) is 1.60. The van der Waals surface area contributed by atoms with Crippen LogP contribution in [0.15, 0.2) is 53.6 Å². The van der Waals surface area contributed by atoms with Gasteiger partial charge < -0.3 is 4.74 Å². The molecule has 24 heavy (non-hydrogen) atoms. The van der Waals surface area contributed by atoms with Crippen LogP contribution in [0.2, 0.25) is 0 Å². The Morgan fingerprint density at radius 3 is 2.71 bits per heavy atom. The van der Waals surface area contributed by atoms with Crippen LogP contribution in [0, 0.1) is 5.82 Å². The van der Waals surface area contributed by atoms with E-state index >= 15 is 0 Å². The summed E-state index contributed by atoms with van der Waals surface area (Å²) in [5, 5.41) is 5.77. The third-order valence-electron chi connectivity index (χ3n) is 3.94. The van der Waals surface area contributed by atoms with Crippen LogP contribution in [0.1, 0.15) is 23.6 Å². The number of ether oxygens (including phenoxy) is 1. The van der Waals surface area contributed by atoms with E-state index in [0.29, 0.717) is 12.0 Å². The fraction of sp³-hybridized carbons (Fsp3) is 0.222. The Morgan fingerprint density at radius 2 is 2.08 bits per heavy atom. The SMILES string of the molecule is COc1ccc(C2=NN(C(=O)CCl)C(c3cccc(F)c3)C2)cc1. The Kier molecular flexibility index (Phi) is 4.81. The van der Waals surface area contributed by atoms with Gasteiger partial charge in [-0.05, 0) is 47.5 Å². The van der Waals surface area contributed by atoms with Crippen molar-refractivity contribution < 1.29 is 13.9 Å². The first-order valence-corrected chi connectivity index (χ1v) is 8.01. The topological polar surface area (TPSA) is 41.9 Å². The summed E-state index contributed by atoms with van der Waals surface area (Å²) in [6, 6.07) is 13.3. The van der Waals surface area contributed by atoms with E-state index < -0.39 is 0 Å². The summed E-state index contributed by atoms with van der Waals surface area (Å²) in [6.45, 7) is 0. The van der Waals surface area contributed by atoms with Crippen molar-refractivity contribution in [1.82, 2.24) is 5.01 Å². The molecule has 0 aromatic heterocycles. The van der Waals surface area contributed by atoms with E-state index in [1.807, 2.05) is 24.3 Å². The second kappa shape index (κ2) is 7.01. The van der Waals surface area contributed by atoms with Gasteiger partial charge in [-0.2, -0.15) is 5.10 Å². The number of hydrazone groups is 1. The number of carbonyl (C=O) groups is 1. The Hall–Kier alpha value is -2.40. The van der Waals surface area contributed by atoms with Crippen LogP contribution in [0.4, 0.5) is 4.39 Å². The lowest BCUT2D eigenvalue weighted by Gasteiger charge is -2.21. The van der Waals surface area contributed by atoms with Crippen molar-refractivity contribution in [3.05, 3.63) is 65.5 Å². The van der Waals surface area contributed by atoms with Crippen molar-refractivity contribution in [3.63, 3.8) is 0 Å². The highest BCUT2D eigenvalue weighted by Crippen LogP contribution is 2.33. The molecule has 0 saturated carbocycles.